The highest BCUT2D eigenvalue weighted by Crippen LogP contribution is 2.22. The molecule has 0 fully saturated rings. The van der Waals surface area contributed by atoms with Crippen LogP contribution in [0, 0.1) is 0 Å². The Morgan fingerprint density at radius 3 is 2.89 bits per heavy atom. The number of hydrogen-bond acceptors (Lipinski definition) is 3. The zero-order valence-electron chi connectivity index (χ0n) is 10.5. The molecule has 4 heteroatoms. The lowest BCUT2D eigenvalue weighted by molar-refractivity contribution is -0.143. The number of amides is 1. The Balaban J connectivity index is 1.83. The first-order valence-corrected chi connectivity index (χ1v) is 6.25. The largest absolute Gasteiger partial charge is 0.466 e. The second-order valence-corrected chi connectivity index (χ2v) is 4.29. The van der Waals surface area contributed by atoms with E-state index >= 15 is 0 Å². The minimum atomic E-state index is -0.193. The molecule has 0 aromatic heterocycles. The third-order valence-electron chi connectivity index (χ3n) is 3.01. The molecule has 0 unspecified atom stereocenters. The zero-order valence-corrected chi connectivity index (χ0v) is 10.5. The van der Waals surface area contributed by atoms with E-state index in [0.29, 0.717) is 32.5 Å². The number of benzene rings is 1. The van der Waals surface area contributed by atoms with Gasteiger partial charge in [0.05, 0.1) is 6.61 Å². The normalized spacial score (nSPS) is 13.6. The van der Waals surface area contributed by atoms with E-state index in [1.165, 1.54) is 0 Å². The summed E-state index contributed by atoms with van der Waals surface area (Å²) < 4.78 is 4.85. The standard InChI is InChI=1S/C14H17NO3/c1-2-18-13(16)8-5-9-15-10-11-6-3-4-7-12(11)14(15)17/h3-4,6-7H,2,5,8-10H2,1H3. The minimum absolute atomic E-state index is 0.0643. The summed E-state index contributed by atoms with van der Waals surface area (Å²) >= 11 is 0. The Kier molecular flexibility index (Phi) is 3.97. The lowest BCUT2D eigenvalue weighted by atomic mass is 10.1. The lowest BCUT2D eigenvalue weighted by Gasteiger charge is -2.14. The second-order valence-electron chi connectivity index (χ2n) is 4.29. The Labute approximate surface area is 107 Å². The summed E-state index contributed by atoms with van der Waals surface area (Å²) in [6.07, 6.45) is 1.02. The van der Waals surface area contributed by atoms with Crippen molar-refractivity contribution in [2.45, 2.75) is 26.3 Å². The van der Waals surface area contributed by atoms with Crippen LogP contribution in [0.15, 0.2) is 24.3 Å². The van der Waals surface area contributed by atoms with E-state index in [-0.39, 0.29) is 11.9 Å². The van der Waals surface area contributed by atoms with Gasteiger partial charge >= 0.3 is 5.97 Å². The molecule has 1 aliphatic rings. The van der Waals surface area contributed by atoms with Crippen molar-refractivity contribution in [1.29, 1.82) is 0 Å². The van der Waals surface area contributed by atoms with E-state index in [9.17, 15) is 9.59 Å². The molecule has 0 aliphatic carbocycles. The van der Waals surface area contributed by atoms with Gasteiger partial charge < -0.3 is 9.64 Å². The number of ether oxygens (including phenoxy) is 1. The Morgan fingerprint density at radius 1 is 1.39 bits per heavy atom. The number of hydrogen-bond donors (Lipinski definition) is 0. The fraction of sp³-hybridized carbons (Fsp3) is 0.429. The van der Waals surface area contributed by atoms with Gasteiger partial charge in [0, 0.05) is 25.1 Å². The van der Waals surface area contributed by atoms with Crippen molar-refractivity contribution >= 4 is 11.9 Å². The van der Waals surface area contributed by atoms with E-state index < -0.39 is 0 Å². The molecule has 4 nitrogen and oxygen atoms in total. The van der Waals surface area contributed by atoms with Crippen LogP contribution in [-0.4, -0.2) is 29.9 Å². The molecule has 0 spiro atoms. The Bertz CT molecular complexity index is 456. The molecular formula is C14H17NO3. The highest BCUT2D eigenvalue weighted by molar-refractivity contribution is 5.98. The average Bonchev–Trinajstić information content (AvgIpc) is 2.68. The predicted molar refractivity (Wildman–Crippen MR) is 67.0 cm³/mol. The van der Waals surface area contributed by atoms with Crippen molar-refractivity contribution in [2.75, 3.05) is 13.2 Å². The number of rotatable bonds is 5. The van der Waals surface area contributed by atoms with Crippen molar-refractivity contribution < 1.29 is 14.3 Å². The van der Waals surface area contributed by atoms with Crippen LogP contribution in [0.4, 0.5) is 0 Å². The highest BCUT2D eigenvalue weighted by Gasteiger charge is 2.26. The van der Waals surface area contributed by atoms with Crippen LogP contribution in [0.2, 0.25) is 0 Å². The molecule has 18 heavy (non-hydrogen) atoms. The third-order valence-corrected chi connectivity index (χ3v) is 3.01. The number of esters is 1. The van der Waals surface area contributed by atoms with Crippen molar-refractivity contribution in [3.63, 3.8) is 0 Å². The smallest absolute Gasteiger partial charge is 0.305 e. The van der Waals surface area contributed by atoms with Crippen LogP contribution in [0.3, 0.4) is 0 Å². The molecule has 1 aromatic rings. The number of fused-ring (bicyclic) bond motifs is 1. The second kappa shape index (κ2) is 5.67. The molecule has 0 atom stereocenters. The maximum atomic E-state index is 12.0. The summed E-state index contributed by atoms with van der Waals surface area (Å²) in [6.45, 7) is 3.45. The third kappa shape index (κ3) is 2.70. The first kappa shape index (κ1) is 12.6. The topological polar surface area (TPSA) is 46.6 Å². The van der Waals surface area contributed by atoms with Gasteiger partial charge in [-0.25, -0.2) is 0 Å². The lowest BCUT2D eigenvalue weighted by Crippen LogP contribution is -2.25. The van der Waals surface area contributed by atoms with Crippen LogP contribution < -0.4 is 0 Å². The van der Waals surface area contributed by atoms with Crippen LogP contribution in [0.25, 0.3) is 0 Å². The van der Waals surface area contributed by atoms with E-state index in [1.807, 2.05) is 24.3 Å². The van der Waals surface area contributed by atoms with E-state index in [4.69, 9.17) is 4.74 Å². The summed E-state index contributed by atoms with van der Waals surface area (Å²) in [5.74, 6) is -0.129. The van der Waals surface area contributed by atoms with Gasteiger partial charge in [0.15, 0.2) is 0 Å². The average molecular weight is 247 g/mol. The Morgan fingerprint density at radius 2 is 2.17 bits per heavy atom. The predicted octanol–water partition coefficient (Wildman–Crippen LogP) is 1.99. The maximum absolute atomic E-state index is 12.0. The Hall–Kier alpha value is -1.84. The summed E-state index contributed by atoms with van der Waals surface area (Å²) in [5.41, 5.74) is 1.85. The molecule has 1 aromatic carbocycles. The van der Waals surface area contributed by atoms with Gasteiger partial charge in [-0.1, -0.05) is 18.2 Å². The number of carbonyl (C=O) groups excluding carboxylic acids is 2. The summed E-state index contributed by atoms with van der Waals surface area (Å²) in [7, 11) is 0. The van der Waals surface area contributed by atoms with Gasteiger partial charge in [-0.15, -0.1) is 0 Å². The van der Waals surface area contributed by atoms with E-state index in [2.05, 4.69) is 0 Å². The first-order valence-electron chi connectivity index (χ1n) is 6.25. The summed E-state index contributed by atoms with van der Waals surface area (Å²) in [5, 5.41) is 0. The van der Waals surface area contributed by atoms with Crippen molar-refractivity contribution in [1.82, 2.24) is 4.90 Å². The monoisotopic (exact) mass is 247 g/mol. The molecule has 0 bridgehead atoms. The van der Waals surface area contributed by atoms with E-state index in [1.54, 1.807) is 11.8 Å². The quantitative estimate of drug-likeness (QED) is 0.747. The van der Waals surface area contributed by atoms with E-state index in [0.717, 1.165) is 11.1 Å². The van der Waals surface area contributed by atoms with Gasteiger partial charge in [0.1, 0.15) is 0 Å². The molecule has 1 aliphatic heterocycles. The van der Waals surface area contributed by atoms with Crippen LogP contribution in [0.5, 0.6) is 0 Å². The molecular weight excluding hydrogens is 230 g/mol. The SMILES string of the molecule is CCOC(=O)CCCN1Cc2ccccc2C1=O. The van der Waals surface area contributed by atoms with Crippen LogP contribution >= 0.6 is 0 Å². The van der Waals surface area contributed by atoms with Crippen molar-refractivity contribution in [3.05, 3.63) is 35.4 Å². The first-order chi connectivity index (χ1) is 8.72. The summed E-state index contributed by atoms with van der Waals surface area (Å²) in [6, 6.07) is 7.63. The molecule has 0 saturated carbocycles. The fourth-order valence-corrected chi connectivity index (χ4v) is 2.14. The number of nitrogens with zero attached hydrogens (tertiary/aromatic N) is 1. The molecule has 1 amide bonds. The fourth-order valence-electron chi connectivity index (χ4n) is 2.14. The van der Waals surface area contributed by atoms with Gasteiger partial charge in [0.2, 0.25) is 0 Å². The van der Waals surface area contributed by atoms with Crippen molar-refractivity contribution in [2.24, 2.45) is 0 Å². The zero-order chi connectivity index (χ0) is 13.0. The molecule has 1 heterocycles. The van der Waals surface area contributed by atoms with Gasteiger partial charge in [0.25, 0.3) is 5.91 Å². The molecule has 2 rings (SSSR count). The maximum Gasteiger partial charge on any atom is 0.305 e. The molecule has 96 valence electrons. The van der Waals surface area contributed by atoms with Gasteiger partial charge in [-0.2, -0.15) is 0 Å². The summed E-state index contributed by atoms with van der Waals surface area (Å²) in [4.78, 5) is 25.0. The van der Waals surface area contributed by atoms with Crippen LogP contribution in [0.1, 0.15) is 35.7 Å². The number of carbonyl (C=O) groups is 2. The molecule has 0 saturated heterocycles. The minimum Gasteiger partial charge on any atom is -0.466 e. The molecule has 0 radical (unpaired) electrons. The van der Waals surface area contributed by atoms with Gasteiger partial charge in [-0.3, -0.25) is 9.59 Å². The van der Waals surface area contributed by atoms with Gasteiger partial charge in [-0.05, 0) is 25.0 Å². The van der Waals surface area contributed by atoms with Crippen molar-refractivity contribution in [3.8, 4) is 0 Å². The van der Waals surface area contributed by atoms with Crippen LogP contribution in [-0.2, 0) is 16.1 Å². The molecule has 0 N–H and O–H groups in total. The highest BCUT2D eigenvalue weighted by atomic mass is 16.5.